The number of rotatable bonds is 2. The van der Waals surface area contributed by atoms with Crippen LogP contribution in [0.2, 0.25) is 0 Å². The largest absolute Gasteiger partial charge is 0.322 e. The number of hydrogen-bond donors (Lipinski definition) is 0. The van der Waals surface area contributed by atoms with E-state index < -0.39 is 0 Å². The van der Waals surface area contributed by atoms with E-state index in [1.165, 1.54) is 32.1 Å². The minimum atomic E-state index is 0.358. The van der Waals surface area contributed by atoms with Crippen molar-refractivity contribution in [2.45, 2.75) is 32.1 Å². The maximum Gasteiger partial charge on any atom is 0.322 e. The lowest BCUT2D eigenvalue weighted by Gasteiger charge is -2.17. The first-order chi connectivity index (χ1) is 6.70. The van der Waals surface area contributed by atoms with Gasteiger partial charge in [-0.15, -0.1) is 31.5 Å². The SMILES string of the molecule is BrB(Br)/C=C/C1CCCCC1.CSC. The highest BCUT2D eigenvalue weighted by molar-refractivity contribution is 9.49. The molecule has 1 fully saturated rings. The second kappa shape index (κ2) is 10.6. The van der Waals surface area contributed by atoms with Gasteiger partial charge >= 0.3 is 4.36 Å². The number of allylic oxidation sites excluding steroid dienone is 1. The summed E-state index contributed by atoms with van der Waals surface area (Å²) in [6.45, 7) is 0. The third kappa shape index (κ3) is 9.66. The van der Waals surface area contributed by atoms with Crippen molar-refractivity contribution in [2.24, 2.45) is 5.92 Å². The molecule has 0 atom stereocenters. The topological polar surface area (TPSA) is 0 Å². The second-order valence-electron chi connectivity index (χ2n) is 3.53. The molecule has 0 aromatic rings. The maximum absolute atomic E-state index is 3.43. The zero-order chi connectivity index (χ0) is 10.8. The lowest BCUT2D eigenvalue weighted by atomic mass is 9.88. The van der Waals surface area contributed by atoms with Gasteiger partial charge in [0, 0.05) is 0 Å². The first-order valence-electron chi connectivity index (χ1n) is 5.07. The molecule has 1 rings (SSSR count). The molecule has 0 aromatic heterocycles. The molecule has 4 heteroatoms. The summed E-state index contributed by atoms with van der Waals surface area (Å²) < 4.78 is 0.358. The van der Waals surface area contributed by atoms with Crippen LogP contribution in [0.5, 0.6) is 0 Å². The molecule has 0 heterocycles. The highest BCUT2D eigenvalue weighted by Crippen LogP contribution is 2.24. The van der Waals surface area contributed by atoms with Gasteiger partial charge in [0.1, 0.15) is 0 Å². The van der Waals surface area contributed by atoms with Gasteiger partial charge < -0.3 is 0 Å². The molecular weight excluding hydrogens is 323 g/mol. The van der Waals surface area contributed by atoms with Gasteiger partial charge in [0.25, 0.3) is 0 Å². The molecule has 0 aromatic carbocycles. The van der Waals surface area contributed by atoms with Crippen LogP contribution in [0.4, 0.5) is 0 Å². The Morgan fingerprint density at radius 3 is 2.07 bits per heavy atom. The van der Waals surface area contributed by atoms with Crippen LogP contribution in [0.3, 0.4) is 0 Å². The molecule has 1 aliphatic rings. The van der Waals surface area contributed by atoms with Gasteiger partial charge in [-0.05, 0) is 31.3 Å². The van der Waals surface area contributed by atoms with E-state index >= 15 is 0 Å². The van der Waals surface area contributed by atoms with Crippen LogP contribution in [0, 0.1) is 5.92 Å². The van der Waals surface area contributed by atoms with E-state index in [4.69, 9.17) is 0 Å². The fourth-order valence-corrected chi connectivity index (χ4v) is 1.92. The molecule has 0 bridgehead atoms. The quantitative estimate of drug-likeness (QED) is 0.642. The highest BCUT2D eigenvalue weighted by Gasteiger charge is 2.10. The van der Waals surface area contributed by atoms with Gasteiger partial charge in [-0.3, -0.25) is 0 Å². The van der Waals surface area contributed by atoms with Crippen LogP contribution in [0.25, 0.3) is 0 Å². The molecule has 0 aliphatic heterocycles. The van der Waals surface area contributed by atoms with E-state index in [1.807, 2.05) is 12.5 Å². The van der Waals surface area contributed by atoms with Crippen molar-refractivity contribution in [1.82, 2.24) is 0 Å². The van der Waals surface area contributed by atoms with Crippen LogP contribution >= 0.6 is 43.3 Å². The Labute approximate surface area is 110 Å². The Kier molecular flexibility index (Phi) is 11.5. The molecular formula is C10H19BBr2S. The zero-order valence-corrected chi connectivity index (χ0v) is 13.0. The molecule has 14 heavy (non-hydrogen) atoms. The Hall–Kier alpha value is 1.11. The van der Waals surface area contributed by atoms with Crippen LogP contribution in [-0.4, -0.2) is 16.9 Å². The second-order valence-corrected chi connectivity index (χ2v) is 7.54. The standard InChI is InChI=1S/C8H13BBr2.C2H6S/c10-9(11)7-6-8-4-2-1-3-5-8;1-3-2/h6-8H,1-5H2;1-2H3/b7-6+;. The average molecular weight is 342 g/mol. The molecule has 1 saturated carbocycles. The third-order valence-corrected chi connectivity index (χ3v) is 2.79. The molecule has 0 N–H and O–H groups in total. The Bertz CT molecular complexity index is 145. The first kappa shape index (κ1) is 15.1. The van der Waals surface area contributed by atoms with Crippen molar-refractivity contribution in [1.29, 1.82) is 0 Å². The van der Waals surface area contributed by atoms with E-state index in [-0.39, 0.29) is 0 Å². The number of thioether (sulfide) groups is 1. The van der Waals surface area contributed by atoms with E-state index in [1.54, 1.807) is 11.8 Å². The predicted octanol–water partition coefficient (Wildman–Crippen LogP) is 4.92. The monoisotopic (exact) mass is 340 g/mol. The van der Waals surface area contributed by atoms with Crippen molar-refractivity contribution < 1.29 is 0 Å². The highest BCUT2D eigenvalue weighted by atomic mass is 79.9. The summed E-state index contributed by atoms with van der Waals surface area (Å²) in [5.74, 6) is 3.04. The van der Waals surface area contributed by atoms with E-state index in [9.17, 15) is 0 Å². The Morgan fingerprint density at radius 2 is 1.64 bits per heavy atom. The molecule has 1 aliphatic carbocycles. The van der Waals surface area contributed by atoms with Gasteiger partial charge in [-0.2, -0.15) is 11.8 Å². The van der Waals surface area contributed by atoms with E-state index in [0.717, 1.165) is 5.92 Å². The number of halogens is 2. The summed E-state index contributed by atoms with van der Waals surface area (Å²) >= 11 is 8.61. The average Bonchev–Trinajstić information content (AvgIpc) is 2.18. The Balaban J connectivity index is 0.000000500. The summed E-state index contributed by atoms with van der Waals surface area (Å²) in [6, 6.07) is 0. The van der Waals surface area contributed by atoms with Crippen molar-refractivity contribution in [3.8, 4) is 0 Å². The van der Waals surface area contributed by atoms with Crippen molar-refractivity contribution in [3.63, 3.8) is 0 Å². The lowest BCUT2D eigenvalue weighted by Crippen LogP contribution is -2.03. The molecule has 0 saturated heterocycles. The predicted molar refractivity (Wildman–Crippen MR) is 78.8 cm³/mol. The minimum Gasteiger partial charge on any atom is -0.169 e. The molecule has 0 spiro atoms. The summed E-state index contributed by atoms with van der Waals surface area (Å²) in [4.78, 5) is 0. The summed E-state index contributed by atoms with van der Waals surface area (Å²) in [5.41, 5.74) is 0. The molecule has 0 amide bonds. The number of hydrogen-bond acceptors (Lipinski definition) is 1. The maximum atomic E-state index is 3.43. The van der Waals surface area contributed by atoms with Gasteiger partial charge in [0.2, 0.25) is 0 Å². The van der Waals surface area contributed by atoms with Gasteiger partial charge in [-0.1, -0.05) is 31.3 Å². The minimum absolute atomic E-state index is 0.358. The van der Waals surface area contributed by atoms with Crippen molar-refractivity contribution in [3.05, 3.63) is 12.1 Å². The van der Waals surface area contributed by atoms with Gasteiger partial charge in [-0.25, -0.2) is 0 Å². The normalized spacial score (nSPS) is 17.7. The fourth-order valence-electron chi connectivity index (χ4n) is 1.57. The van der Waals surface area contributed by atoms with E-state index in [0.29, 0.717) is 4.36 Å². The first-order valence-corrected chi connectivity index (χ1v) is 8.53. The molecule has 0 radical (unpaired) electrons. The Morgan fingerprint density at radius 1 is 1.14 bits per heavy atom. The third-order valence-electron chi connectivity index (χ3n) is 2.18. The molecule has 0 nitrogen and oxygen atoms in total. The van der Waals surface area contributed by atoms with Crippen LogP contribution in [0.15, 0.2) is 12.1 Å². The van der Waals surface area contributed by atoms with Crippen LogP contribution in [-0.2, 0) is 0 Å². The summed E-state index contributed by atoms with van der Waals surface area (Å²) in [6.07, 6.45) is 13.5. The van der Waals surface area contributed by atoms with Crippen molar-refractivity contribution >= 4 is 47.6 Å². The summed E-state index contributed by atoms with van der Waals surface area (Å²) in [5, 5.41) is 0. The van der Waals surface area contributed by atoms with E-state index in [2.05, 4.69) is 43.6 Å². The smallest absolute Gasteiger partial charge is 0.169 e. The summed E-state index contributed by atoms with van der Waals surface area (Å²) in [7, 11) is 0. The van der Waals surface area contributed by atoms with Gasteiger partial charge in [0.05, 0.1) is 0 Å². The van der Waals surface area contributed by atoms with Crippen LogP contribution in [0.1, 0.15) is 32.1 Å². The molecule has 82 valence electrons. The van der Waals surface area contributed by atoms with Crippen molar-refractivity contribution in [2.75, 3.05) is 12.5 Å². The van der Waals surface area contributed by atoms with Crippen LogP contribution < -0.4 is 0 Å². The van der Waals surface area contributed by atoms with Gasteiger partial charge in [0.15, 0.2) is 0 Å². The molecule has 0 unspecified atom stereocenters. The fraction of sp³-hybridized carbons (Fsp3) is 0.800. The zero-order valence-electron chi connectivity index (χ0n) is 9.01. The lowest BCUT2D eigenvalue weighted by molar-refractivity contribution is 0.419.